The molecule has 78 valence electrons. The molecule has 1 saturated carbocycles. The fourth-order valence-electron chi connectivity index (χ4n) is 1.42. The van der Waals surface area contributed by atoms with E-state index < -0.39 is 0 Å². The van der Waals surface area contributed by atoms with Gasteiger partial charge >= 0.3 is 0 Å². The highest BCUT2D eigenvalue weighted by molar-refractivity contribution is 4.95. The zero-order chi connectivity index (χ0) is 9.95. The minimum atomic E-state index is 0.435. The van der Waals surface area contributed by atoms with Crippen LogP contribution < -0.4 is 11.1 Å². The van der Waals surface area contributed by atoms with Crippen molar-refractivity contribution in [3.05, 3.63) is 0 Å². The molecule has 0 spiro atoms. The third kappa shape index (κ3) is 3.28. The van der Waals surface area contributed by atoms with Crippen molar-refractivity contribution in [2.75, 3.05) is 19.6 Å². The van der Waals surface area contributed by atoms with Gasteiger partial charge in [0.05, 0.1) is 0 Å². The van der Waals surface area contributed by atoms with Crippen LogP contribution in [0.3, 0.4) is 0 Å². The first-order chi connectivity index (χ1) is 6.04. The molecule has 0 aromatic heterocycles. The Hall–Kier alpha value is -0.0800. The lowest BCUT2D eigenvalue weighted by atomic mass is 9.90. The lowest BCUT2D eigenvalue weighted by Gasteiger charge is -2.24. The van der Waals surface area contributed by atoms with E-state index in [1.807, 2.05) is 0 Å². The molecule has 1 fully saturated rings. The predicted octanol–water partition coefficient (Wildman–Crippen LogP) is 1.75. The summed E-state index contributed by atoms with van der Waals surface area (Å²) in [4.78, 5) is 0. The molecular formula is C11H24N2. The van der Waals surface area contributed by atoms with Gasteiger partial charge in [0.15, 0.2) is 0 Å². The maximum absolute atomic E-state index is 5.71. The van der Waals surface area contributed by atoms with Gasteiger partial charge in [0.2, 0.25) is 0 Å². The van der Waals surface area contributed by atoms with Crippen LogP contribution in [-0.2, 0) is 0 Å². The van der Waals surface area contributed by atoms with Gasteiger partial charge in [-0.2, -0.15) is 0 Å². The zero-order valence-corrected chi connectivity index (χ0v) is 9.32. The Bertz CT molecular complexity index is 153. The molecule has 1 rings (SSSR count). The number of nitrogens with two attached hydrogens (primary N) is 1. The molecular weight excluding hydrogens is 160 g/mol. The molecule has 2 heteroatoms. The van der Waals surface area contributed by atoms with Gasteiger partial charge in [0, 0.05) is 13.1 Å². The van der Waals surface area contributed by atoms with Gasteiger partial charge in [-0.3, -0.25) is 0 Å². The number of hydrogen-bond donors (Lipinski definition) is 2. The van der Waals surface area contributed by atoms with E-state index in [0.29, 0.717) is 10.8 Å². The SMILES string of the molecule is CCC(C)(C)CNCC1(CN)CC1. The van der Waals surface area contributed by atoms with Crippen molar-refractivity contribution in [1.29, 1.82) is 0 Å². The topological polar surface area (TPSA) is 38.0 Å². The van der Waals surface area contributed by atoms with Crippen LogP contribution in [0.1, 0.15) is 40.0 Å². The molecule has 1 aliphatic rings. The first kappa shape index (κ1) is 11.0. The number of nitrogens with one attached hydrogen (secondary N) is 1. The highest BCUT2D eigenvalue weighted by atomic mass is 14.9. The first-order valence-corrected chi connectivity index (χ1v) is 5.44. The minimum absolute atomic E-state index is 0.435. The average Bonchev–Trinajstić information content (AvgIpc) is 2.85. The smallest absolute Gasteiger partial charge is 0.00201 e. The Morgan fingerprint density at radius 1 is 1.38 bits per heavy atom. The minimum Gasteiger partial charge on any atom is -0.330 e. The summed E-state index contributed by atoms with van der Waals surface area (Å²) in [7, 11) is 0. The summed E-state index contributed by atoms with van der Waals surface area (Å²) in [6.07, 6.45) is 3.88. The van der Waals surface area contributed by atoms with Crippen molar-refractivity contribution in [1.82, 2.24) is 5.32 Å². The van der Waals surface area contributed by atoms with E-state index in [9.17, 15) is 0 Å². The first-order valence-electron chi connectivity index (χ1n) is 5.44. The monoisotopic (exact) mass is 184 g/mol. The van der Waals surface area contributed by atoms with E-state index >= 15 is 0 Å². The molecule has 0 unspecified atom stereocenters. The van der Waals surface area contributed by atoms with Gasteiger partial charge in [-0.15, -0.1) is 0 Å². The quantitative estimate of drug-likeness (QED) is 0.660. The van der Waals surface area contributed by atoms with Crippen molar-refractivity contribution in [2.45, 2.75) is 40.0 Å². The van der Waals surface area contributed by atoms with Crippen LogP contribution in [0.25, 0.3) is 0 Å². The van der Waals surface area contributed by atoms with Gasteiger partial charge in [-0.05, 0) is 36.6 Å². The summed E-state index contributed by atoms with van der Waals surface area (Å²) >= 11 is 0. The number of rotatable bonds is 6. The highest BCUT2D eigenvalue weighted by Gasteiger charge is 2.40. The van der Waals surface area contributed by atoms with E-state index in [1.54, 1.807) is 0 Å². The lowest BCUT2D eigenvalue weighted by Crippen LogP contribution is -2.35. The fraction of sp³-hybridized carbons (Fsp3) is 1.00. The summed E-state index contributed by atoms with van der Waals surface area (Å²) in [5.41, 5.74) is 6.62. The van der Waals surface area contributed by atoms with Crippen LogP contribution in [0.2, 0.25) is 0 Å². The largest absolute Gasteiger partial charge is 0.330 e. The molecule has 13 heavy (non-hydrogen) atoms. The lowest BCUT2D eigenvalue weighted by molar-refractivity contribution is 0.312. The van der Waals surface area contributed by atoms with Crippen LogP contribution in [0.5, 0.6) is 0 Å². The van der Waals surface area contributed by atoms with Crippen LogP contribution in [-0.4, -0.2) is 19.6 Å². The summed E-state index contributed by atoms with van der Waals surface area (Å²) in [6.45, 7) is 9.95. The molecule has 3 N–H and O–H groups in total. The van der Waals surface area contributed by atoms with Crippen molar-refractivity contribution >= 4 is 0 Å². The summed E-state index contributed by atoms with van der Waals surface area (Å²) in [5.74, 6) is 0. The Morgan fingerprint density at radius 2 is 2.00 bits per heavy atom. The Kier molecular flexibility index (Phi) is 3.36. The molecule has 0 amide bonds. The van der Waals surface area contributed by atoms with E-state index in [0.717, 1.165) is 19.6 Å². The van der Waals surface area contributed by atoms with Gasteiger partial charge in [0.25, 0.3) is 0 Å². The van der Waals surface area contributed by atoms with E-state index in [4.69, 9.17) is 5.73 Å². The Balaban J connectivity index is 2.14. The molecule has 0 aliphatic heterocycles. The van der Waals surface area contributed by atoms with E-state index in [-0.39, 0.29) is 0 Å². The van der Waals surface area contributed by atoms with Crippen molar-refractivity contribution in [2.24, 2.45) is 16.6 Å². The van der Waals surface area contributed by atoms with Crippen molar-refractivity contribution < 1.29 is 0 Å². The molecule has 0 radical (unpaired) electrons. The molecule has 1 aliphatic carbocycles. The Morgan fingerprint density at radius 3 is 2.38 bits per heavy atom. The summed E-state index contributed by atoms with van der Waals surface area (Å²) in [5, 5.41) is 3.55. The van der Waals surface area contributed by atoms with Crippen LogP contribution >= 0.6 is 0 Å². The second kappa shape index (κ2) is 3.97. The van der Waals surface area contributed by atoms with E-state index in [1.165, 1.54) is 19.3 Å². The van der Waals surface area contributed by atoms with Crippen molar-refractivity contribution in [3.63, 3.8) is 0 Å². The molecule has 0 aromatic carbocycles. The third-order valence-corrected chi connectivity index (χ3v) is 3.45. The molecule has 2 nitrogen and oxygen atoms in total. The zero-order valence-electron chi connectivity index (χ0n) is 9.32. The molecule has 0 bridgehead atoms. The van der Waals surface area contributed by atoms with Crippen molar-refractivity contribution in [3.8, 4) is 0 Å². The molecule has 0 saturated heterocycles. The van der Waals surface area contributed by atoms with Gasteiger partial charge in [0.1, 0.15) is 0 Å². The Labute approximate surface area is 82.3 Å². The van der Waals surface area contributed by atoms with Crippen LogP contribution in [0.4, 0.5) is 0 Å². The van der Waals surface area contributed by atoms with Gasteiger partial charge in [-0.1, -0.05) is 20.8 Å². The average molecular weight is 184 g/mol. The highest BCUT2D eigenvalue weighted by Crippen LogP contribution is 2.43. The van der Waals surface area contributed by atoms with Gasteiger partial charge < -0.3 is 11.1 Å². The normalized spacial score (nSPS) is 20.3. The van der Waals surface area contributed by atoms with E-state index in [2.05, 4.69) is 26.1 Å². The number of hydrogen-bond acceptors (Lipinski definition) is 2. The molecule has 0 aromatic rings. The van der Waals surface area contributed by atoms with Crippen LogP contribution in [0, 0.1) is 10.8 Å². The summed E-state index contributed by atoms with van der Waals surface area (Å²) in [6, 6.07) is 0. The second-order valence-corrected chi connectivity index (χ2v) is 5.33. The maximum atomic E-state index is 5.71. The van der Waals surface area contributed by atoms with Crippen LogP contribution in [0.15, 0.2) is 0 Å². The molecule has 0 atom stereocenters. The molecule has 0 heterocycles. The van der Waals surface area contributed by atoms with Gasteiger partial charge in [-0.25, -0.2) is 0 Å². The fourth-order valence-corrected chi connectivity index (χ4v) is 1.42. The summed E-state index contributed by atoms with van der Waals surface area (Å²) < 4.78 is 0. The maximum Gasteiger partial charge on any atom is 0.00201 e. The second-order valence-electron chi connectivity index (χ2n) is 5.33. The standard InChI is InChI=1S/C11H24N2/c1-4-10(2,3)8-13-9-11(7-12)5-6-11/h13H,4-9,12H2,1-3H3. The predicted molar refractivity (Wildman–Crippen MR) is 57.7 cm³/mol. The third-order valence-electron chi connectivity index (χ3n) is 3.45.